The van der Waals surface area contributed by atoms with E-state index < -0.39 is 0 Å². The second-order valence-electron chi connectivity index (χ2n) is 22.3. The lowest BCUT2D eigenvalue weighted by atomic mass is 9.55. The van der Waals surface area contributed by atoms with Gasteiger partial charge in [0.2, 0.25) is 0 Å². The minimum atomic E-state index is 0.219. The fourth-order valence-electron chi connectivity index (χ4n) is 17.1. The maximum atomic E-state index is 2.67. The van der Waals surface area contributed by atoms with Crippen molar-refractivity contribution < 1.29 is 0 Å². The quantitative estimate of drug-likeness (QED) is 0.167. The van der Waals surface area contributed by atoms with Gasteiger partial charge in [-0.15, -0.1) is 0 Å². The molecule has 9 aromatic rings. The third-order valence-corrected chi connectivity index (χ3v) is 19.8. The highest BCUT2D eigenvalue weighted by Gasteiger charge is 2.63. The topological polar surface area (TPSA) is 9.86 Å². The molecule has 0 amide bonds. The fourth-order valence-corrected chi connectivity index (χ4v) is 17.1. The molecule has 4 saturated carbocycles. The molecule has 0 unspecified atom stereocenters. The number of rotatable bonds is 4. The molecule has 6 aliphatic carbocycles. The fraction of sp³-hybridized carbons (Fsp3) is 0.344. The summed E-state index contributed by atoms with van der Waals surface area (Å²) in [5.41, 5.74) is 26.9. The summed E-state index contributed by atoms with van der Waals surface area (Å²) < 4.78 is 5.28. The van der Waals surface area contributed by atoms with Gasteiger partial charge in [-0.1, -0.05) is 111 Å². The lowest BCUT2D eigenvalue weighted by Crippen LogP contribution is -2.43. The van der Waals surface area contributed by atoms with Crippen LogP contribution >= 0.6 is 0 Å². The minimum Gasteiger partial charge on any atom is -0.309 e. The lowest BCUT2D eigenvalue weighted by molar-refractivity contribution is 0.299. The van der Waals surface area contributed by atoms with Crippen molar-refractivity contribution in [2.75, 3.05) is 0 Å². The first-order valence-electron chi connectivity index (χ1n) is 25.9. The average molecular weight is 857 g/mol. The zero-order chi connectivity index (χ0) is 43.9. The van der Waals surface area contributed by atoms with Crippen LogP contribution in [0.1, 0.15) is 135 Å². The largest absolute Gasteiger partial charge is 0.309 e. The van der Waals surface area contributed by atoms with Gasteiger partial charge in [0.1, 0.15) is 0 Å². The van der Waals surface area contributed by atoms with Crippen molar-refractivity contribution in [1.29, 1.82) is 0 Å². The molecular formula is C64H60N2. The molecule has 6 aliphatic rings. The maximum absolute atomic E-state index is 2.67. The highest BCUT2D eigenvalue weighted by atomic mass is 15.0. The summed E-state index contributed by atoms with van der Waals surface area (Å²) in [5.74, 6) is 0. The zero-order valence-corrected chi connectivity index (χ0v) is 39.3. The molecule has 0 saturated heterocycles. The summed E-state index contributed by atoms with van der Waals surface area (Å²) in [4.78, 5) is 0. The van der Waals surface area contributed by atoms with Gasteiger partial charge in [-0.25, -0.2) is 0 Å². The van der Waals surface area contributed by atoms with Crippen LogP contribution in [0.4, 0.5) is 0 Å². The standard InChI is InChI=1S/C64H60N2/c1-5-41-13-17-45-47-19-15-43(35-55(47)63-27-7-23-61(63,24-8-28-63)53(45)33-41)65-57-21-11-39(3)31-49(57)51-38-60-52(37-59(51)65)50-32-40(4)12-22-58(50)66(60)44-16-20-48-46-18-14-42(6-2)34-54(46)62-25-9-29-64(62,30-10-26-62)56(48)36-44/h11-22,31-38H,5-10,23-30H2,1-4H3. The number of nitrogens with zero attached hydrogens (tertiary/aromatic N) is 2. The van der Waals surface area contributed by atoms with Crippen molar-refractivity contribution in [2.24, 2.45) is 0 Å². The molecule has 2 aromatic heterocycles. The summed E-state index contributed by atoms with van der Waals surface area (Å²) in [6.45, 7) is 9.17. The first-order valence-corrected chi connectivity index (χ1v) is 25.9. The van der Waals surface area contributed by atoms with Crippen LogP contribution in [0.25, 0.3) is 77.2 Å². The second kappa shape index (κ2) is 13.0. The van der Waals surface area contributed by atoms with E-state index in [0.717, 1.165) is 12.8 Å². The molecule has 2 nitrogen and oxygen atoms in total. The molecule has 0 atom stereocenters. The zero-order valence-electron chi connectivity index (χ0n) is 39.3. The predicted molar refractivity (Wildman–Crippen MR) is 276 cm³/mol. The first kappa shape index (κ1) is 38.3. The Kier molecular flexibility index (Phi) is 7.52. The molecule has 0 N–H and O–H groups in total. The Morgan fingerprint density at radius 2 is 0.682 bits per heavy atom. The summed E-state index contributed by atoms with van der Waals surface area (Å²) in [6, 6.07) is 49.8. The molecule has 15 rings (SSSR count). The van der Waals surface area contributed by atoms with Crippen LogP contribution in [-0.2, 0) is 34.5 Å². The van der Waals surface area contributed by atoms with Crippen molar-refractivity contribution in [3.05, 3.63) is 166 Å². The lowest BCUT2D eigenvalue weighted by Gasteiger charge is -2.48. The van der Waals surface area contributed by atoms with Crippen molar-refractivity contribution in [3.63, 3.8) is 0 Å². The van der Waals surface area contributed by atoms with Crippen LogP contribution in [0.15, 0.2) is 121 Å². The molecule has 0 aliphatic heterocycles. The van der Waals surface area contributed by atoms with Gasteiger partial charge in [-0.3, -0.25) is 0 Å². The summed E-state index contributed by atoms with van der Waals surface area (Å²) in [7, 11) is 0. The number of hydrogen-bond acceptors (Lipinski definition) is 0. The molecule has 0 bridgehead atoms. The summed E-state index contributed by atoms with van der Waals surface area (Å²) in [6.07, 6.45) is 18.0. The van der Waals surface area contributed by atoms with E-state index in [1.54, 1.807) is 22.3 Å². The van der Waals surface area contributed by atoms with E-state index in [1.165, 1.54) is 177 Å². The van der Waals surface area contributed by atoms with Gasteiger partial charge in [-0.05, 0) is 194 Å². The van der Waals surface area contributed by atoms with Gasteiger partial charge in [-0.2, -0.15) is 0 Å². The van der Waals surface area contributed by atoms with Crippen LogP contribution in [0, 0.1) is 13.8 Å². The maximum Gasteiger partial charge on any atom is 0.0548 e. The van der Waals surface area contributed by atoms with Crippen LogP contribution < -0.4 is 0 Å². The Hall–Kier alpha value is -5.86. The van der Waals surface area contributed by atoms with E-state index in [4.69, 9.17) is 0 Å². The van der Waals surface area contributed by atoms with E-state index in [-0.39, 0.29) is 21.7 Å². The van der Waals surface area contributed by atoms with Crippen LogP contribution in [0.2, 0.25) is 0 Å². The first-order chi connectivity index (χ1) is 32.3. The summed E-state index contributed by atoms with van der Waals surface area (Å²) in [5, 5.41) is 5.38. The molecule has 7 aromatic carbocycles. The number of hydrogen-bond donors (Lipinski definition) is 0. The van der Waals surface area contributed by atoms with Gasteiger partial charge >= 0.3 is 0 Å². The van der Waals surface area contributed by atoms with Crippen molar-refractivity contribution in [3.8, 4) is 33.6 Å². The SMILES string of the molecule is CCc1ccc2c(c1)C13CCCC1(CCC3)c1cc(-n3c4ccc(C)cc4c4cc5c(cc43)c3cc(C)ccc3n5-c3ccc4c(c3)C35CCCC3(CCC5)c3cc(CC)ccc3-4)ccc1-2. The summed E-state index contributed by atoms with van der Waals surface area (Å²) >= 11 is 0. The molecule has 4 fully saturated rings. The smallest absolute Gasteiger partial charge is 0.0548 e. The normalized spacial score (nSPS) is 25.5. The van der Waals surface area contributed by atoms with E-state index >= 15 is 0 Å². The Bertz CT molecular complexity index is 3360. The second-order valence-corrected chi connectivity index (χ2v) is 22.3. The molecule has 66 heavy (non-hydrogen) atoms. The minimum absolute atomic E-state index is 0.219. The highest BCUT2D eigenvalue weighted by molar-refractivity contribution is 6.19. The molecule has 0 spiro atoms. The Balaban J connectivity index is 0.978. The van der Waals surface area contributed by atoms with E-state index in [9.17, 15) is 0 Å². The van der Waals surface area contributed by atoms with Gasteiger partial charge in [0.15, 0.2) is 0 Å². The van der Waals surface area contributed by atoms with Crippen molar-refractivity contribution in [2.45, 2.75) is 139 Å². The third-order valence-electron chi connectivity index (χ3n) is 19.8. The van der Waals surface area contributed by atoms with Crippen LogP contribution in [0.5, 0.6) is 0 Å². The van der Waals surface area contributed by atoms with Crippen LogP contribution in [-0.4, -0.2) is 9.13 Å². The van der Waals surface area contributed by atoms with Gasteiger partial charge in [0.25, 0.3) is 0 Å². The Morgan fingerprint density at radius 1 is 0.348 bits per heavy atom. The van der Waals surface area contributed by atoms with E-state index in [0.29, 0.717) is 0 Å². The Labute approximate surface area is 389 Å². The van der Waals surface area contributed by atoms with E-state index in [2.05, 4.69) is 158 Å². The van der Waals surface area contributed by atoms with Gasteiger partial charge < -0.3 is 9.13 Å². The molecule has 2 heteroatoms. The third kappa shape index (κ3) is 4.47. The number of aromatic nitrogens is 2. The predicted octanol–water partition coefficient (Wildman–Crippen LogP) is 16.7. The monoisotopic (exact) mass is 856 g/mol. The van der Waals surface area contributed by atoms with Crippen LogP contribution in [0.3, 0.4) is 0 Å². The van der Waals surface area contributed by atoms with Crippen molar-refractivity contribution in [1.82, 2.24) is 9.13 Å². The molecular weight excluding hydrogens is 797 g/mol. The number of benzene rings is 7. The average Bonchev–Trinajstić information content (AvgIpc) is 4.19. The van der Waals surface area contributed by atoms with Gasteiger partial charge in [0, 0.05) is 54.6 Å². The van der Waals surface area contributed by atoms with Gasteiger partial charge in [0.05, 0.1) is 22.1 Å². The number of aryl methyl sites for hydroxylation is 4. The van der Waals surface area contributed by atoms with E-state index in [1.807, 2.05) is 0 Å². The molecule has 0 radical (unpaired) electrons. The number of fused-ring (bicyclic) bond motifs is 12. The van der Waals surface area contributed by atoms with Crippen molar-refractivity contribution >= 4 is 43.6 Å². The molecule has 326 valence electrons. The Morgan fingerprint density at radius 3 is 1.05 bits per heavy atom. The highest BCUT2D eigenvalue weighted by Crippen LogP contribution is 2.71. The molecule has 2 heterocycles.